The number of nitrogens with one attached hydrogen (secondary N) is 1. The Morgan fingerprint density at radius 1 is 1.26 bits per heavy atom. The first-order chi connectivity index (χ1) is 13.0. The lowest BCUT2D eigenvalue weighted by Crippen LogP contribution is -2.53. The van der Waals surface area contributed by atoms with E-state index in [0.29, 0.717) is 23.7 Å². The van der Waals surface area contributed by atoms with Gasteiger partial charge >= 0.3 is 6.03 Å². The number of halogens is 1. The van der Waals surface area contributed by atoms with Crippen LogP contribution >= 0.6 is 22.6 Å². The zero-order chi connectivity index (χ0) is 19.4. The number of nitrogens with zero attached hydrogens (tertiary/aromatic N) is 1. The van der Waals surface area contributed by atoms with E-state index in [9.17, 15) is 14.4 Å². The van der Waals surface area contributed by atoms with Crippen molar-refractivity contribution in [2.24, 2.45) is 0 Å². The van der Waals surface area contributed by atoms with Crippen LogP contribution in [-0.4, -0.2) is 29.4 Å². The number of ether oxygens (including phenoxy) is 1. The average Bonchev–Trinajstić information content (AvgIpc) is 3.15. The van der Waals surface area contributed by atoms with E-state index in [1.54, 1.807) is 36.4 Å². The summed E-state index contributed by atoms with van der Waals surface area (Å²) < 4.78 is 11.5. The first-order valence-corrected chi connectivity index (χ1v) is 9.02. The van der Waals surface area contributed by atoms with E-state index < -0.39 is 17.8 Å². The first kappa shape index (κ1) is 18.9. The summed E-state index contributed by atoms with van der Waals surface area (Å²) in [6, 6.07) is 7.77. The highest BCUT2D eigenvalue weighted by molar-refractivity contribution is 14.1. The minimum Gasteiger partial charge on any atom is -0.488 e. The van der Waals surface area contributed by atoms with Crippen LogP contribution < -0.4 is 10.1 Å². The number of carbonyl (C=O) groups is 3. The average molecular weight is 478 g/mol. The lowest BCUT2D eigenvalue weighted by molar-refractivity contribution is -0.130. The second-order valence-corrected chi connectivity index (χ2v) is 6.74. The highest BCUT2D eigenvalue weighted by Crippen LogP contribution is 2.24. The predicted octanol–water partition coefficient (Wildman–Crippen LogP) is 3.11. The van der Waals surface area contributed by atoms with Crippen LogP contribution in [-0.2, 0) is 16.1 Å². The van der Waals surface area contributed by atoms with Crippen LogP contribution in [0.2, 0.25) is 0 Å². The molecule has 0 spiro atoms. The van der Waals surface area contributed by atoms with Crippen LogP contribution in [0.15, 0.2) is 59.2 Å². The van der Waals surface area contributed by atoms with Gasteiger partial charge < -0.3 is 9.15 Å². The Balaban J connectivity index is 1.86. The van der Waals surface area contributed by atoms with Crippen LogP contribution in [0.25, 0.3) is 6.08 Å². The number of rotatable bonds is 6. The van der Waals surface area contributed by atoms with E-state index in [0.717, 1.165) is 8.47 Å². The predicted molar refractivity (Wildman–Crippen MR) is 106 cm³/mol. The highest BCUT2D eigenvalue weighted by Gasteiger charge is 2.36. The molecule has 0 bridgehead atoms. The molecular formula is C19H15IN2O5. The third-order valence-electron chi connectivity index (χ3n) is 3.70. The molecule has 1 fully saturated rings. The van der Waals surface area contributed by atoms with Gasteiger partial charge in [-0.05, 0) is 58.5 Å². The second kappa shape index (κ2) is 8.21. The molecule has 27 heavy (non-hydrogen) atoms. The molecule has 0 saturated carbocycles. The molecular weight excluding hydrogens is 463 g/mol. The van der Waals surface area contributed by atoms with Crippen LogP contribution in [0.3, 0.4) is 0 Å². The molecule has 0 radical (unpaired) electrons. The number of furan rings is 1. The van der Waals surface area contributed by atoms with Gasteiger partial charge in [-0.15, -0.1) is 0 Å². The SMILES string of the molecule is C=CCOc1ccc(/C=C2\C(=O)NC(=O)N(Cc3ccco3)C2=O)cc1I. The number of imide groups is 2. The van der Waals surface area contributed by atoms with Gasteiger partial charge in [-0.1, -0.05) is 18.7 Å². The van der Waals surface area contributed by atoms with Crippen LogP contribution in [0.1, 0.15) is 11.3 Å². The summed E-state index contributed by atoms with van der Waals surface area (Å²) in [5.41, 5.74) is 0.507. The van der Waals surface area contributed by atoms with Crippen molar-refractivity contribution in [3.8, 4) is 5.75 Å². The number of hydrogen-bond donors (Lipinski definition) is 1. The molecule has 2 aromatic rings. The van der Waals surface area contributed by atoms with Gasteiger partial charge in [-0.2, -0.15) is 0 Å². The first-order valence-electron chi connectivity index (χ1n) is 7.94. The lowest BCUT2D eigenvalue weighted by Gasteiger charge is -2.25. The molecule has 0 aliphatic carbocycles. The van der Waals surface area contributed by atoms with E-state index in [1.165, 1.54) is 12.3 Å². The number of benzene rings is 1. The van der Waals surface area contributed by atoms with Gasteiger partial charge in [0.1, 0.15) is 23.7 Å². The van der Waals surface area contributed by atoms with Crippen LogP contribution in [0, 0.1) is 3.57 Å². The number of hydrogen-bond acceptors (Lipinski definition) is 5. The van der Waals surface area contributed by atoms with Crippen molar-refractivity contribution in [1.29, 1.82) is 0 Å². The second-order valence-electron chi connectivity index (χ2n) is 5.58. The molecule has 0 unspecified atom stereocenters. The van der Waals surface area contributed by atoms with Crippen molar-refractivity contribution in [1.82, 2.24) is 10.2 Å². The topological polar surface area (TPSA) is 88.8 Å². The monoisotopic (exact) mass is 478 g/mol. The molecule has 1 aliphatic heterocycles. The van der Waals surface area contributed by atoms with E-state index in [1.807, 2.05) is 0 Å². The van der Waals surface area contributed by atoms with Gasteiger partial charge in [0, 0.05) is 0 Å². The Morgan fingerprint density at radius 3 is 2.74 bits per heavy atom. The van der Waals surface area contributed by atoms with E-state index in [4.69, 9.17) is 9.15 Å². The standard InChI is InChI=1S/C19H15IN2O5/c1-2-7-27-16-6-5-12(10-15(16)20)9-14-17(23)21-19(25)22(18(14)24)11-13-4-3-8-26-13/h2-6,8-10H,1,7,11H2,(H,21,23,25)/b14-9+. The molecule has 1 aliphatic rings. The molecule has 1 saturated heterocycles. The maximum absolute atomic E-state index is 12.7. The van der Waals surface area contributed by atoms with Crippen molar-refractivity contribution in [2.75, 3.05) is 6.61 Å². The maximum Gasteiger partial charge on any atom is 0.331 e. The quantitative estimate of drug-likeness (QED) is 0.299. The summed E-state index contributed by atoms with van der Waals surface area (Å²) in [6.07, 6.45) is 4.53. The van der Waals surface area contributed by atoms with Crippen LogP contribution in [0.5, 0.6) is 5.75 Å². The molecule has 8 heteroatoms. The molecule has 138 valence electrons. The minimum absolute atomic E-state index is 0.0614. The van der Waals surface area contributed by atoms with Gasteiger partial charge in [-0.25, -0.2) is 4.79 Å². The maximum atomic E-state index is 12.7. The Hall–Kier alpha value is -2.88. The summed E-state index contributed by atoms with van der Waals surface area (Å²) in [4.78, 5) is 37.8. The Morgan fingerprint density at radius 2 is 2.07 bits per heavy atom. The Bertz CT molecular complexity index is 934. The number of barbiturate groups is 1. The molecule has 4 amide bonds. The largest absolute Gasteiger partial charge is 0.488 e. The molecule has 7 nitrogen and oxygen atoms in total. The van der Waals surface area contributed by atoms with Crippen molar-refractivity contribution < 1.29 is 23.5 Å². The summed E-state index contributed by atoms with van der Waals surface area (Å²) in [6.45, 7) is 3.91. The normalized spacial score (nSPS) is 15.8. The van der Waals surface area contributed by atoms with Gasteiger partial charge in [0.15, 0.2) is 0 Å². The van der Waals surface area contributed by atoms with Crippen molar-refractivity contribution in [2.45, 2.75) is 6.54 Å². The molecule has 3 rings (SSSR count). The molecule has 2 heterocycles. The van der Waals surface area contributed by atoms with Gasteiger partial charge in [-0.3, -0.25) is 19.8 Å². The van der Waals surface area contributed by atoms with E-state index >= 15 is 0 Å². The molecule has 0 atom stereocenters. The van der Waals surface area contributed by atoms with Gasteiger partial charge in [0.25, 0.3) is 11.8 Å². The van der Waals surface area contributed by atoms with E-state index in [-0.39, 0.29) is 12.1 Å². The van der Waals surface area contributed by atoms with Gasteiger partial charge in [0.05, 0.1) is 16.4 Å². The van der Waals surface area contributed by atoms with Crippen LogP contribution in [0.4, 0.5) is 4.79 Å². The molecule has 1 N–H and O–H groups in total. The fourth-order valence-electron chi connectivity index (χ4n) is 2.44. The third kappa shape index (κ3) is 4.27. The summed E-state index contributed by atoms with van der Waals surface area (Å²) >= 11 is 2.10. The number of carbonyl (C=O) groups excluding carboxylic acids is 3. The zero-order valence-electron chi connectivity index (χ0n) is 14.1. The lowest BCUT2D eigenvalue weighted by atomic mass is 10.1. The smallest absolute Gasteiger partial charge is 0.331 e. The van der Waals surface area contributed by atoms with Crippen molar-refractivity contribution in [3.63, 3.8) is 0 Å². The zero-order valence-corrected chi connectivity index (χ0v) is 16.3. The number of urea groups is 1. The summed E-state index contributed by atoms with van der Waals surface area (Å²) in [5, 5.41) is 2.18. The third-order valence-corrected chi connectivity index (χ3v) is 4.55. The van der Waals surface area contributed by atoms with Crippen molar-refractivity contribution >= 4 is 46.5 Å². The fraction of sp³-hybridized carbons (Fsp3) is 0.105. The Labute approximate surface area is 168 Å². The minimum atomic E-state index is -0.777. The molecule has 1 aromatic carbocycles. The Kier molecular flexibility index (Phi) is 5.75. The van der Waals surface area contributed by atoms with E-state index in [2.05, 4.69) is 34.5 Å². The van der Waals surface area contributed by atoms with Crippen molar-refractivity contribution in [3.05, 3.63) is 69.7 Å². The fourth-order valence-corrected chi connectivity index (χ4v) is 3.13. The highest BCUT2D eigenvalue weighted by atomic mass is 127. The summed E-state index contributed by atoms with van der Waals surface area (Å²) in [5.74, 6) is -0.304. The summed E-state index contributed by atoms with van der Waals surface area (Å²) in [7, 11) is 0. The van der Waals surface area contributed by atoms with Gasteiger partial charge in [0.2, 0.25) is 0 Å². The molecule has 1 aromatic heterocycles. The number of amides is 4.